The number of hydrogen-bond donors (Lipinski definition) is 2. The SMILES string of the molecule is CCc1cnc(C(C)NC(=O)C2(CC)CCCN2)s1. The summed E-state index contributed by atoms with van der Waals surface area (Å²) in [6.45, 7) is 7.14. The van der Waals surface area contributed by atoms with Crippen LogP contribution in [-0.4, -0.2) is 23.0 Å². The third-order valence-electron chi connectivity index (χ3n) is 3.92. The normalized spacial score (nSPS) is 24.4. The second kappa shape index (κ2) is 6.01. The summed E-state index contributed by atoms with van der Waals surface area (Å²) in [7, 11) is 0. The van der Waals surface area contributed by atoms with E-state index in [-0.39, 0.29) is 17.5 Å². The fraction of sp³-hybridized carbons (Fsp3) is 0.714. The zero-order chi connectivity index (χ0) is 13.9. The lowest BCUT2D eigenvalue weighted by molar-refractivity contribution is -0.128. The highest BCUT2D eigenvalue weighted by Gasteiger charge is 2.39. The van der Waals surface area contributed by atoms with E-state index in [1.54, 1.807) is 11.3 Å². The monoisotopic (exact) mass is 281 g/mol. The maximum absolute atomic E-state index is 12.5. The Morgan fingerprint density at radius 3 is 2.95 bits per heavy atom. The molecule has 1 aliphatic heterocycles. The number of nitrogens with zero attached hydrogens (tertiary/aromatic N) is 1. The molecule has 1 aliphatic rings. The predicted octanol–water partition coefficient (Wildman–Crippen LogP) is 2.41. The highest BCUT2D eigenvalue weighted by molar-refractivity contribution is 7.11. The minimum absolute atomic E-state index is 0.0105. The lowest BCUT2D eigenvalue weighted by atomic mass is 9.93. The zero-order valence-corrected chi connectivity index (χ0v) is 12.8. The van der Waals surface area contributed by atoms with Crippen molar-refractivity contribution in [1.82, 2.24) is 15.6 Å². The number of hydrogen-bond acceptors (Lipinski definition) is 4. The lowest BCUT2D eigenvalue weighted by Gasteiger charge is -2.28. The molecule has 0 aromatic carbocycles. The van der Waals surface area contributed by atoms with Crippen molar-refractivity contribution in [3.8, 4) is 0 Å². The second-order valence-corrected chi connectivity index (χ2v) is 6.33. The van der Waals surface area contributed by atoms with Crippen molar-refractivity contribution < 1.29 is 4.79 Å². The molecule has 0 saturated carbocycles. The van der Waals surface area contributed by atoms with Gasteiger partial charge in [-0.25, -0.2) is 4.98 Å². The molecular weight excluding hydrogens is 258 g/mol. The van der Waals surface area contributed by atoms with E-state index >= 15 is 0 Å². The first kappa shape index (κ1) is 14.5. The molecule has 1 aromatic heterocycles. The van der Waals surface area contributed by atoms with Gasteiger partial charge in [0.25, 0.3) is 0 Å². The topological polar surface area (TPSA) is 54.0 Å². The summed E-state index contributed by atoms with van der Waals surface area (Å²) in [5.41, 5.74) is -0.362. The summed E-state index contributed by atoms with van der Waals surface area (Å²) in [5, 5.41) is 7.47. The molecule has 1 fully saturated rings. The zero-order valence-electron chi connectivity index (χ0n) is 12.0. The fourth-order valence-electron chi connectivity index (χ4n) is 2.55. The summed E-state index contributed by atoms with van der Waals surface area (Å²) in [4.78, 5) is 18.1. The van der Waals surface area contributed by atoms with Gasteiger partial charge in [0.15, 0.2) is 0 Å². The van der Waals surface area contributed by atoms with Crippen molar-refractivity contribution in [2.45, 2.75) is 58.0 Å². The lowest BCUT2D eigenvalue weighted by Crippen LogP contribution is -2.53. The van der Waals surface area contributed by atoms with Crippen molar-refractivity contribution in [1.29, 1.82) is 0 Å². The standard InChI is InChI=1S/C14H23N3OS/c1-4-11-9-15-12(19-11)10(3)17-13(18)14(5-2)7-6-8-16-14/h9-10,16H,4-8H2,1-3H3,(H,17,18). The van der Waals surface area contributed by atoms with E-state index in [1.807, 2.05) is 13.1 Å². The van der Waals surface area contributed by atoms with Gasteiger partial charge in [-0.3, -0.25) is 4.79 Å². The van der Waals surface area contributed by atoms with Crippen molar-refractivity contribution >= 4 is 17.2 Å². The molecule has 5 heteroatoms. The smallest absolute Gasteiger partial charge is 0.240 e. The predicted molar refractivity (Wildman–Crippen MR) is 78.3 cm³/mol. The number of amides is 1. The molecule has 4 nitrogen and oxygen atoms in total. The van der Waals surface area contributed by atoms with Crippen LogP contribution in [0.3, 0.4) is 0 Å². The molecule has 0 radical (unpaired) electrons. The van der Waals surface area contributed by atoms with Gasteiger partial charge in [0, 0.05) is 11.1 Å². The molecule has 0 spiro atoms. The van der Waals surface area contributed by atoms with E-state index in [1.165, 1.54) is 4.88 Å². The molecule has 2 heterocycles. The van der Waals surface area contributed by atoms with E-state index in [0.29, 0.717) is 0 Å². The van der Waals surface area contributed by atoms with Gasteiger partial charge < -0.3 is 10.6 Å². The van der Waals surface area contributed by atoms with Crippen molar-refractivity contribution in [2.24, 2.45) is 0 Å². The van der Waals surface area contributed by atoms with Gasteiger partial charge in [0.1, 0.15) is 5.01 Å². The highest BCUT2D eigenvalue weighted by Crippen LogP contribution is 2.26. The number of carbonyl (C=O) groups is 1. The molecule has 0 aliphatic carbocycles. The Labute approximate surface area is 119 Å². The maximum atomic E-state index is 12.5. The van der Waals surface area contributed by atoms with E-state index in [0.717, 1.165) is 37.2 Å². The molecular formula is C14H23N3OS. The summed E-state index contributed by atoms with van der Waals surface area (Å²) >= 11 is 1.69. The van der Waals surface area contributed by atoms with Crippen LogP contribution < -0.4 is 10.6 Å². The van der Waals surface area contributed by atoms with Crippen LogP contribution in [0.25, 0.3) is 0 Å². The van der Waals surface area contributed by atoms with Gasteiger partial charge in [-0.2, -0.15) is 0 Å². The van der Waals surface area contributed by atoms with Crippen molar-refractivity contribution in [3.63, 3.8) is 0 Å². The number of carbonyl (C=O) groups excluding carboxylic acids is 1. The Morgan fingerprint density at radius 1 is 1.63 bits per heavy atom. The van der Waals surface area contributed by atoms with Crippen LogP contribution in [0.15, 0.2) is 6.20 Å². The summed E-state index contributed by atoms with van der Waals surface area (Å²) in [5.74, 6) is 0.119. The summed E-state index contributed by atoms with van der Waals surface area (Å²) in [6, 6.07) is -0.0105. The third kappa shape index (κ3) is 2.98. The fourth-order valence-corrected chi connectivity index (χ4v) is 3.40. The Hall–Kier alpha value is -0.940. The average molecular weight is 281 g/mol. The first-order valence-electron chi connectivity index (χ1n) is 7.12. The van der Waals surface area contributed by atoms with Gasteiger partial charge in [-0.15, -0.1) is 11.3 Å². The first-order valence-corrected chi connectivity index (χ1v) is 7.93. The minimum Gasteiger partial charge on any atom is -0.346 e. The van der Waals surface area contributed by atoms with Gasteiger partial charge in [-0.05, 0) is 39.2 Å². The molecule has 2 rings (SSSR count). The molecule has 106 valence electrons. The van der Waals surface area contributed by atoms with Crippen LogP contribution in [0.1, 0.15) is 56.0 Å². The molecule has 2 N–H and O–H groups in total. The number of thiazole rings is 1. The molecule has 0 bridgehead atoms. The minimum atomic E-state index is -0.362. The van der Waals surface area contributed by atoms with E-state index in [4.69, 9.17) is 0 Å². The number of aromatic nitrogens is 1. The molecule has 2 atom stereocenters. The first-order chi connectivity index (χ1) is 9.11. The van der Waals surface area contributed by atoms with Crippen LogP contribution >= 0.6 is 11.3 Å². The Balaban J connectivity index is 2.01. The number of aryl methyl sites for hydroxylation is 1. The van der Waals surface area contributed by atoms with E-state index in [2.05, 4.69) is 29.5 Å². The van der Waals surface area contributed by atoms with E-state index < -0.39 is 0 Å². The van der Waals surface area contributed by atoms with Gasteiger partial charge in [-0.1, -0.05) is 13.8 Å². The quantitative estimate of drug-likeness (QED) is 0.871. The molecule has 1 saturated heterocycles. The number of nitrogens with one attached hydrogen (secondary N) is 2. The molecule has 1 amide bonds. The number of rotatable bonds is 5. The van der Waals surface area contributed by atoms with Crippen LogP contribution in [-0.2, 0) is 11.2 Å². The summed E-state index contributed by atoms with van der Waals surface area (Å²) < 4.78 is 0. The highest BCUT2D eigenvalue weighted by atomic mass is 32.1. The Bertz CT molecular complexity index is 438. The Morgan fingerprint density at radius 2 is 2.42 bits per heavy atom. The van der Waals surface area contributed by atoms with Gasteiger partial charge in [0.05, 0.1) is 11.6 Å². The molecule has 19 heavy (non-hydrogen) atoms. The van der Waals surface area contributed by atoms with Crippen LogP contribution in [0.2, 0.25) is 0 Å². The van der Waals surface area contributed by atoms with Crippen molar-refractivity contribution in [3.05, 3.63) is 16.1 Å². The molecule has 2 unspecified atom stereocenters. The van der Waals surface area contributed by atoms with Gasteiger partial charge >= 0.3 is 0 Å². The largest absolute Gasteiger partial charge is 0.346 e. The summed E-state index contributed by atoms with van der Waals surface area (Å²) in [6.07, 6.45) is 5.75. The van der Waals surface area contributed by atoms with Crippen LogP contribution in [0, 0.1) is 0 Å². The Kier molecular flexibility index (Phi) is 4.58. The average Bonchev–Trinajstić information content (AvgIpc) is 3.08. The van der Waals surface area contributed by atoms with Crippen LogP contribution in [0.4, 0.5) is 0 Å². The molecule has 1 aromatic rings. The third-order valence-corrected chi connectivity index (χ3v) is 5.24. The van der Waals surface area contributed by atoms with Gasteiger partial charge in [0.2, 0.25) is 5.91 Å². The van der Waals surface area contributed by atoms with Crippen LogP contribution in [0.5, 0.6) is 0 Å². The maximum Gasteiger partial charge on any atom is 0.240 e. The van der Waals surface area contributed by atoms with Crippen molar-refractivity contribution in [2.75, 3.05) is 6.54 Å². The van der Waals surface area contributed by atoms with E-state index in [9.17, 15) is 4.79 Å². The second-order valence-electron chi connectivity index (χ2n) is 5.18.